The Labute approximate surface area is 56.8 Å². The number of ether oxygens (including phenoxy) is 1. The highest BCUT2D eigenvalue weighted by Gasteiger charge is 2.43. The van der Waals surface area contributed by atoms with Crippen molar-refractivity contribution in [2.45, 2.75) is 23.5 Å². The third kappa shape index (κ3) is 0.633. The Morgan fingerprint density at radius 1 is 1.62 bits per heavy atom. The topological polar surface area (TPSA) is 12.5 Å². The zero-order valence-electron chi connectivity index (χ0n) is 4.38. The summed E-state index contributed by atoms with van der Waals surface area (Å²) in [6.07, 6.45) is 6.50. The zero-order valence-corrected chi connectivity index (χ0v) is 5.97. The van der Waals surface area contributed by atoms with Crippen LogP contribution in [0.5, 0.6) is 0 Å². The number of halogens is 1. The summed E-state index contributed by atoms with van der Waals surface area (Å²) in [6.45, 7) is 0. The number of fused-ring (bicyclic) bond motifs is 1. The second-order valence-electron chi connectivity index (χ2n) is 2.25. The molecule has 2 aliphatic rings. The fraction of sp³-hybridized carbons (Fsp3) is 0.667. The SMILES string of the molecule is Br[C@@H]1C=CC[C@H]2O[C@@H]12. The molecule has 8 heavy (non-hydrogen) atoms. The lowest BCUT2D eigenvalue weighted by Gasteiger charge is -2.01. The van der Waals surface area contributed by atoms with E-state index in [1.54, 1.807) is 0 Å². The molecule has 1 aliphatic carbocycles. The Kier molecular flexibility index (Phi) is 0.987. The normalized spacial score (nSPS) is 50.9. The highest BCUT2D eigenvalue weighted by Crippen LogP contribution is 2.36. The van der Waals surface area contributed by atoms with Gasteiger partial charge in [0.15, 0.2) is 0 Å². The maximum Gasteiger partial charge on any atom is 0.100 e. The minimum absolute atomic E-state index is 0.487. The van der Waals surface area contributed by atoms with Crippen molar-refractivity contribution >= 4 is 15.9 Å². The van der Waals surface area contributed by atoms with Crippen LogP contribution in [-0.2, 0) is 4.74 Å². The van der Waals surface area contributed by atoms with E-state index in [0.717, 1.165) is 6.42 Å². The van der Waals surface area contributed by atoms with Crippen LogP contribution >= 0.6 is 15.9 Å². The number of alkyl halides is 1. The fourth-order valence-corrected chi connectivity index (χ4v) is 1.76. The van der Waals surface area contributed by atoms with Gasteiger partial charge < -0.3 is 4.74 Å². The maximum atomic E-state index is 5.28. The van der Waals surface area contributed by atoms with Gasteiger partial charge in [-0.05, 0) is 6.42 Å². The minimum Gasteiger partial charge on any atom is -0.368 e. The summed E-state index contributed by atoms with van der Waals surface area (Å²) in [6, 6.07) is 0. The fourth-order valence-electron chi connectivity index (χ4n) is 1.08. The molecular formula is C6H7BrO. The Bertz CT molecular complexity index is 132. The molecule has 1 heterocycles. The third-order valence-electron chi connectivity index (χ3n) is 1.62. The van der Waals surface area contributed by atoms with E-state index in [9.17, 15) is 0 Å². The van der Waals surface area contributed by atoms with Crippen LogP contribution in [0.4, 0.5) is 0 Å². The average molecular weight is 175 g/mol. The second-order valence-corrected chi connectivity index (χ2v) is 3.30. The highest BCUT2D eigenvalue weighted by atomic mass is 79.9. The quantitative estimate of drug-likeness (QED) is 0.308. The Balaban J connectivity index is 2.13. The molecule has 0 amide bonds. The van der Waals surface area contributed by atoms with Crippen LogP contribution in [0.3, 0.4) is 0 Å². The Morgan fingerprint density at radius 3 is 3.12 bits per heavy atom. The van der Waals surface area contributed by atoms with E-state index in [2.05, 4.69) is 28.1 Å². The van der Waals surface area contributed by atoms with Gasteiger partial charge in [0, 0.05) is 0 Å². The highest BCUT2D eigenvalue weighted by molar-refractivity contribution is 9.09. The summed E-state index contributed by atoms with van der Waals surface area (Å²) in [4.78, 5) is 0.487. The predicted molar refractivity (Wildman–Crippen MR) is 35.1 cm³/mol. The van der Waals surface area contributed by atoms with Crippen molar-refractivity contribution in [1.29, 1.82) is 0 Å². The van der Waals surface area contributed by atoms with E-state index >= 15 is 0 Å². The van der Waals surface area contributed by atoms with Crippen LogP contribution in [0.1, 0.15) is 6.42 Å². The van der Waals surface area contributed by atoms with Gasteiger partial charge in [0.1, 0.15) is 6.10 Å². The van der Waals surface area contributed by atoms with Gasteiger partial charge in [-0.25, -0.2) is 0 Å². The maximum absolute atomic E-state index is 5.28. The first kappa shape index (κ1) is 5.00. The Hall–Kier alpha value is 0.180. The van der Waals surface area contributed by atoms with Crippen LogP contribution in [0, 0.1) is 0 Å². The molecule has 44 valence electrons. The second kappa shape index (κ2) is 1.58. The lowest BCUT2D eigenvalue weighted by Crippen LogP contribution is -2.09. The number of hydrogen-bond acceptors (Lipinski definition) is 1. The van der Waals surface area contributed by atoms with Gasteiger partial charge in [0.05, 0.1) is 10.9 Å². The molecule has 0 aromatic carbocycles. The summed E-state index contributed by atoms with van der Waals surface area (Å²) in [5.74, 6) is 0. The van der Waals surface area contributed by atoms with Gasteiger partial charge in [-0.15, -0.1) is 0 Å². The van der Waals surface area contributed by atoms with E-state index in [1.807, 2.05) is 0 Å². The van der Waals surface area contributed by atoms with Crippen LogP contribution in [0.15, 0.2) is 12.2 Å². The van der Waals surface area contributed by atoms with Crippen molar-refractivity contribution in [2.24, 2.45) is 0 Å². The molecular weight excluding hydrogens is 168 g/mol. The molecule has 1 aliphatic heterocycles. The predicted octanol–water partition coefficient (Wildman–Crippen LogP) is 1.48. The lowest BCUT2D eigenvalue weighted by molar-refractivity contribution is 0.379. The van der Waals surface area contributed by atoms with Crippen LogP contribution in [0.2, 0.25) is 0 Å². The smallest absolute Gasteiger partial charge is 0.100 e. The van der Waals surface area contributed by atoms with Gasteiger partial charge in [-0.1, -0.05) is 28.1 Å². The molecule has 0 aromatic heterocycles. The molecule has 0 radical (unpaired) electrons. The molecule has 1 nitrogen and oxygen atoms in total. The van der Waals surface area contributed by atoms with Gasteiger partial charge >= 0.3 is 0 Å². The Morgan fingerprint density at radius 2 is 2.50 bits per heavy atom. The summed E-state index contributed by atoms with van der Waals surface area (Å²) >= 11 is 3.48. The van der Waals surface area contributed by atoms with Crippen molar-refractivity contribution in [3.8, 4) is 0 Å². The first-order chi connectivity index (χ1) is 3.88. The minimum atomic E-state index is 0.487. The molecule has 0 spiro atoms. The summed E-state index contributed by atoms with van der Waals surface area (Å²) in [5, 5.41) is 0. The number of hydrogen-bond donors (Lipinski definition) is 0. The molecule has 1 fully saturated rings. The van der Waals surface area contributed by atoms with Crippen LogP contribution in [0.25, 0.3) is 0 Å². The van der Waals surface area contributed by atoms with E-state index in [4.69, 9.17) is 4.74 Å². The first-order valence-corrected chi connectivity index (χ1v) is 3.76. The molecule has 0 bridgehead atoms. The van der Waals surface area contributed by atoms with E-state index < -0.39 is 0 Å². The molecule has 1 saturated heterocycles. The van der Waals surface area contributed by atoms with Crippen LogP contribution in [-0.4, -0.2) is 17.0 Å². The van der Waals surface area contributed by atoms with Crippen molar-refractivity contribution in [2.75, 3.05) is 0 Å². The van der Waals surface area contributed by atoms with Gasteiger partial charge in [-0.3, -0.25) is 0 Å². The largest absolute Gasteiger partial charge is 0.368 e. The molecule has 2 heteroatoms. The monoisotopic (exact) mass is 174 g/mol. The molecule has 0 unspecified atom stereocenters. The van der Waals surface area contributed by atoms with E-state index in [1.165, 1.54) is 0 Å². The molecule has 0 N–H and O–H groups in total. The van der Waals surface area contributed by atoms with Crippen molar-refractivity contribution in [1.82, 2.24) is 0 Å². The van der Waals surface area contributed by atoms with E-state index in [-0.39, 0.29) is 0 Å². The summed E-state index contributed by atoms with van der Waals surface area (Å²) in [7, 11) is 0. The number of epoxide rings is 1. The summed E-state index contributed by atoms with van der Waals surface area (Å²) in [5.41, 5.74) is 0. The molecule has 0 saturated carbocycles. The molecule has 2 rings (SSSR count). The van der Waals surface area contributed by atoms with E-state index in [0.29, 0.717) is 17.0 Å². The third-order valence-corrected chi connectivity index (χ3v) is 2.45. The molecule has 0 aromatic rings. The lowest BCUT2D eigenvalue weighted by atomic mass is 10.1. The van der Waals surface area contributed by atoms with Crippen LogP contribution < -0.4 is 0 Å². The average Bonchev–Trinajstić information content (AvgIpc) is 2.45. The van der Waals surface area contributed by atoms with Gasteiger partial charge in [0.25, 0.3) is 0 Å². The van der Waals surface area contributed by atoms with Crippen molar-refractivity contribution < 1.29 is 4.74 Å². The van der Waals surface area contributed by atoms with Gasteiger partial charge in [0.2, 0.25) is 0 Å². The number of rotatable bonds is 0. The molecule has 3 atom stereocenters. The standard InChI is InChI=1S/C6H7BrO/c7-4-2-1-3-5-6(4)8-5/h1-2,4-6H,3H2/t4-,5-,6+/m1/s1. The first-order valence-electron chi connectivity index (χ1n) is 2.84. The van der Waals surface area contributed by atoms with Gasteiger partial charge in [-0.2, -0.15) is 0 Å². The summed E-state index contributed by atoms with van der Waals surface area (Å²) < 4.78 is 5.28. The van der Waals surface area contributed by atoms with Crippen molar-refractivity contribution in [3.05, 3.63) is 12.2 Å². The van der Waals surface area contributed by atoms with Crippen molar-refractivity contribution in [3.63, 3.8) is 0 Å². The zero-order chi connectivity index (χ0) is 5.56.